The van der Waals surface area contributed by atoms with Gasteiger partial charge in [0.2, 0.25) is 10.0 Å². The lowest BCUT2D eigenvalue weighted by molar-refractivity contribution is 0.265. The van der Waals surface area contributed by atoms with Gasteiger partial charge in [0, 0.05) is 6.04 Å². The maximum absolute atomic E-state index is 12.8. The number of hydrogen-bond acceptors (Lipinski definition) is 6. The van der Waals surface area contributed by atoms with Crippen LogP contribution >= 0.6 is 0 Å². The third kappa shape index (κ3) is 4.35. The van der Waals surface area contributed by atoms with Crippen LogP contribution in [0.25, 0.3) is 5.70 Å². The highest BCUT2D eigenvalue weighted by molar-refractivity contribution is 7.89. The fourth-order valence-corrected chi connectivity index (χ4v) is 6.19. The molecule has 3 heterocycles. The van der Waals surface area contributed by atoms with E-state index in [0.717, 1.165) is 48.4 Å². The molecule has 178 valence electrons. The molecule has 0 radical (unpaired) electrons. The average Bonchev–Trinajstić information content (AvgIpc) is 3.40. The van der Waals surface area contributed by atoms with Gasteiger partial charge in [0.1, 0.15) is 18.4 Å². The summed E-state index contributed by atoms with van der Waals surface area (Å²) in [5.41, 5.74) is 11.1. The molecule has 0 aliphatic carbocycles. The number of quaternary nitrogens is 1. The van der Waals surface area contributed by atoms with E-state index in [1.165, 1.54) is 6.42 Å². The number of allylic oxidation sites excluding steroid dienone is 1. The third-order valence-electron chi connectivity index (χ3n) is 7.04. The Morgan fingerprint density at radius 2 is 2.06 bits per heavy atom. The first-order chi connectivity index (χ1) is 15.5. The molecule has 10 heteroatoms. The highest BCUT2D eigenvalue weighted by Crippen LogP contribution is 2.40. The van der Waals surface area contributed by atoms with Gasteiger partial charge in [-0.25, -0.2) is 18.5 Å². The molecule has 1 aromatic carbocycles. The number of likely N-dealkylation sites (tertiary alicyclic amines) is 1. The maximum Gasteiger partial charge on any atom is 0.238 e. The van der Waals surface area contributed by atoms with Crippen molar-refractivity contribution in [1.82, 2.24) is 19.6 Å². The minimum Gasteiger partial charge on any atom is -0.382 e. The first-order valence-electron chi connectivity index (χ1n) is 11.3. The fourth-order valence-electron chi connectivity index (χ4n) is 5.43. The molecular formula is C23H34N7O2S+. The van der Waals surface area contributed by atoms with Crippen molar-refractivity contribution in [3.8, 4) is 0 Å². The summed E-state index contributed by atoms with van der Waals surface area (Å²) < 4.78 is 25.9. The van der Waals surface area contributed by atoms with E-state index in [1.54, 1.807) is 18.5 Å². The van der Waals surface area contributed by atoms with Crippen molar-refractivity contribution in [1.29, 1.82) is 0 Å². The van der Waals surface area contributed by atoms with Gasteiger partial charge in [0.05, 0.1) is 23.7 Å². The molecule has 2 atom stereocenters. The second-order valence-corrected chi connectivity index (χ2v) is 10.8. The first-order valence-corrected chi connectivity index (χ1v) is 12.9. The van der Waals surface area contributed by atoms with E-state index in [9.17, 15) is 8.42 Å². The van der Waals surface area contributed by atoms with E-state index in [0.29, 0.717) is 29.7 Å². The number of benzene rings is 1. The van der Waals surface area contributed by atoms with Crippen LogP contribution in [-0.4, -0.2) is 62.1 Å². The summed E-state index contributed by atoms with van der Waals surface area (Å²) in [6.45, 7) is 8.54. The summed E-state index contributed by atoms with van der Waals surface area (Å²) in [5, 5.41) is 12.7. The molecule has 2 aliphatic heterocycles. The number of primary sulfonamides is 1. The van der Waals surface area contributed by atoms with Crippen molar-refractivity contribution in [2.45, 2.75) is 51.0 Å². The molecule has 0 saturated carbocycles. The Morgan fingerprint density at radius 3 is 2.70 bits per heavy atom. The Labute approximate surface area is 195 Å². The lowest BCUT2D eigenvalue weighted by Crippen LogP contribution is -2.51. The number of aromatic amines is 1. The van der Waals surface area contributed by atoms with Crippen LogP contribution in [0.1, 0.15) is 43.4 Å². The van der Waals surface area contributed by atoms with Crippen molar-refractivity contribution in [3.63, 3.8) is 0 Å². The number of aliphatic imine (C=N–C) groups is 1. The van der Waals surface area contributed by atoms with E-state index >= 15 is 0 Å². The Hall–Kier alpha value is -2.53. The van der Waals surface area contributed by atoms with Crippen LogP contribution in [0.3, 0.4) is 0 Å². The number of likely N-dealkylation sites (N-methyl/N-ethyl adjacent to an activating group) is 2. The lowest BCUT2D eigenvalue weighted by Gasteiger charge is -2.37. The summed E-state index contributed by atoms with van der Waals surface area (Å²) >= 11 is 0. The topological polar surface area (TPSA) is 130 Å². The number of aryl methyl sites for hydroxylation is 1. The number of H-pyrrole nitrogens is 1. The van der Waals surface area contributed by atoms with Gasteiger partial charge >= 0.3 is 0 Å². The number of rotatable bonds is 6. The van der Waals surface area contributed by atoms with Crippen molar-refractivity contribution < 1.29 is 8.42 Å². The van der Waals surface area contributed by atoms with Crippen LogP contribution in [-0.2, 0) is 16.4 Å². The smallest absolute Gasteiger partial charge is 0.238 e. The van der Waals surface area contributed by atoms with Crippen LogP contribution in [0, 0.1) is 6.92 Å². The van der Waals surface area contributed by atoms with Gasteiger partial charge in [-0.3, -0.25) is 9.58 Å². The second-order valence-electron chi connectivity index (χ2n) is 9.29. The number of aromatic nitrogens is 2. The van der Waals surface area contributed by atoms with E-state index in [2.05, 4.69) is 27.0 Å². The van der Waals surface area contributed by atoms with Crippen molar-refractivity contribution in [2.24, 2.45) is 15.9 Å². The van der Waals surface area contributed by atoms with Crippen LogP contribution in [0.4, 0.5) is 5.69 Å². The number of nitrogens with zero attached hydrogens (tertiary/aromatic N) is 4. The Morgan fingerprint density at radius 1 is 1.30 bits per heavy atom. The van der Waals surface area contributed by atoms with Crippen LogP contribution in [0.15, 0.2) is 40.1 Å². The predicted octanol–water partition coefficient (Wildman–Crippen LogP) is 2.09. The third-order valence-corrected chi connectivity index (χ3v) is 7.99. The molecule has 33 heavy (non-hydrogen) atoms. The van der Waals surface area contributed by atoms with Gasteiger partial charge in [-0.05, 0) is 69.5 Å². The highest BCUT2D eigenvalue weighted by atomic mass is 32.2. The molecule has 2 aromatic rings. The van der Waals surface area contributed by atoms with Gasteiger partial charge < -0.3 is 10.6 Å². The predicted molar refractivity (Wildman–Crippen MR) is 132 cm³/mol. The fraction of sp³-hybridized carbons (Fsp3) is 0.478. The Bertz CT molecular complexity index is 1220. The number of sulfonamides is 1. The number of nitrogens with two attached hydrogens (primary N) is 2. The van der Waals surface area contributed by atoms with Crippen molar-refractivity contribution in [3.05, 3.63) is 46.9 Å². The standard InChI is InChI=1S/C23H34N7O2S/c1-5-29-8-6-7-18(29)10-17-11-21(33(25,31)32)20(9-15(17)2)23-16(3)28-22(24)14-30(23,4)19-12-26-27-13-19/h9,11-13,18H,5-8,10,14H2,1-4H3,(H2,24,28)(H,26,27)(H2,25,31,32)/q+1/t18?,30-/m1/s1. The highest BCUT2D eigenvalue weighted by Gasteiger charge is 2.41. The summed E-state index contributed by atoms with van der Waals surface area (Å²) in [5.74, 6) is 0.478. The molecule has 9 nitrogen and oxygen atoms in total. The van der Waals surface area contributed by atoms with E-state index in [1.807, 2.05) is 27.0 Å². The summed E-state index contributed by atoms with van der Waals surface area (Å²) in [4.78, 5) is 7.10. The molecule has 1 aromatic heterocycles. The van der Waals surface area contributed by atoms with Gasteiger partial charge in [0.25, 0.3) is 0 Å². The van der Waals surface area contributed by atoms with E-state index in [4.69, 9.17) is 10.9 Å². The lowest BCUT2D eigenvalue weighted by atomic mass is 9.95. The van der Waals surface area contributed by atoms with Crippen LogP contribution in [0.2, 0.25) is 0 Å². The molecule has 4 rings (SSSR count). The second kappa shape index (κ2) is 8.68. The first kappa shape index (κ1) is 23.6. The molecule has 1 unspecified atom stereocenters. The zero-order chi connectivity index (χ0) is 24.0. The maximum atomic E-state index is 12.8. The minimum absolute atomic E-state index is 0.127. The quantitative estimate of drug-likeness (QED) is 0.554. The van der Waals surface area contributed by atoms with Gasteiger partial charge in [0.15, 0.2) is 17.2 Å². The van der Waals surface area contributed by atoms with E-state index in [-0.39, 0.29) is 9.38 Å². The van der Waals surface area contributed by atoms with Gasteiger partial charge in [-0.1, -0.05) is 6.92 Å². The number of amidine groups is 1. The SMILES string of the molecule is CCN1CCCC1Cc1cc(S(N)(=O)=O)c(C2=C(C)N=C(N)C[N@+]2(C)c2cn[nH]c2)cc1C. The number of hydrogen-bond donors (Lipinski definition) is 3. The largest absolute Gasteiger partial charge is 0.382 e. The molecule has 0 bridgehead atoms. The zero-order valence-electron chi connectivity index (χ0n) is 19.8. The van der Waals surface area contributed by atoms with Crippen molar-refractivity contribution >= 4 is 27.2 Å². The molecular weight excluding hydrogens is 438 g/mol. The van der Waals surface area contributed by atoms with E-state index < -0.39 is 10.0 Å². The number of nitrogens with one attached hydrogen (secondary N) is 1. The normalized spacial score (nSPS) is 24.4. The van der Waals surface area contributed by atoms with Crippen LogP contribution < -0.4 is 15.4 Å². The molecule has 2 aliphatic rings. The monoisotopic (exact) mass is 472 g/mol. The Kier molecular flexibility index (Phi) is 6.21. The molecule has 0 amide bonds. The summed E-state index contributed by atoms with van der Waals surface area (Å²) in [7, 11) is -2.01. The molecule has 1 fully saturated rings. The summed E-state index contributed by atoms with van der Waals surface area (Å²) in [6, 6.07) is 4.14. The average molecular weight is 473 g/mol. The van der Waals surface area contributed by atoms with Gasteiger partial charge in [-0.2, -0.15) is 5.10 Å². The molecule has 0 spiro atoms. The van der Waals surface area contributed by atoms with Gasteiger partial charge in [-0.15, -0.1) is 0 Å². The zero-order valence-corrected chi connectivity index (χ0v) is 20.6. The molecule has 5 N–H and O–H groups in total. The Balaban J connectivity index is 1.89. The minimum atomic E-state index is -3.99. The molecule has 1 saturated heterocycles. The van der Waals surface area contributed by atoms with Crippen LogP contribution in [0.5, 0.6) is 0 Å². The summed E-state index contributed by atoms with van der Waals surface area (Å²) in [6.07, 6.45) is 6.61. The van der Waals surface area contributed by atoms with Crippen molar-refractivity contribution in [2.75, 3.05) is 26.7 Å².